The Labute approximate surface area is 98.9 Å². The Morgan fingerprint density at radius 3 is 2.44 bits per heavy atom. The van der Waals surface area contributed by atoms with E-state index in [0.29, 0.717) is 23.4 Å². The molecule has 0 saturated carbocycles. The second-order valence-electron chi connectivity index (χ2n) is 3.61. The third-order valence-electron chi connectivity index (χ3n) is 2.23. The first kappa shape index (κ1) is 11.7. The zero-order chi connectivity index (χ0) is 11.8. The van der Waals surface area contributed by atoms with Gasteiger partial charge in [-0.1, -0.05) is 15.9 Å². The van der Waals surface area contributed by atoms with E-state index in [-0.39, 0.29) is 6.04 Å². The van der Waals surface area contributed by atoms with Gasteiger partial charge in [0.1, 0.15) is 0 Å². The summed E-state index contributed by atoms with van der Waals surface area (Å²) >= 11 is 3.06. The van der Waals surface area contributed by atoms with Crippen LogP contribution in [0.15, 0.2) is 22.7 Å². The van der Waals surface area contributed by atoms with Crippen LogP contribution in [-0.4, -0.2) is 19.3 Å². The molecule has 0 unspecified atom stereocenters. The molecule has 1 aromatic carbocycles. The summed E-state index contributed by atoms with van der Waals surface area (Å²) in [6, 6.07) is 3.88. The lowest BCUT2D eigenvalue weighted by molar-refractivity contribution is -0.137. The van der Waals surface area contributed by atoms with E-state index in [1.165, 1.54) is 0 Å². The Balaban J connectivity index is 2.21. The van der Waals surface area contributed by atoms with Gasteiger partial charge in [-0.05, 0) is 18.2 Å². The molecule has 1 fully saturated rings. The molecule has 0 radical (unpaired) electrons. The lowest BCUT2D eigenvalue weighted by atomic mass is 10.1. The van der Waals surface area contributed by atoms with E-state index in [2.05, 4.69) is 21.2 Å². The Bertz CT molecular complexity index is 390. The standard InChI is InChI=1S/C10H9BrF3NO/c11-7-1-6(10(12,13)14)2-8(3-7)15-9-4-16-5-9/h1-3,9,15H,4-5H2. The van der Waals surface area contributed by atoms with Crippen LogP contribution in [0.25, 0.3) is 0 Å². The van der Waals surface area contributed by atoms with Crippen molar-refractivity contribution in [3.05, 3.63) is 28.2 Å². The van der Waals surface area contributed by atoms with Crippen molar-refractivity contribution in [2.45, 2.75) is 12.2 Å². The topological polar surface area (TPSA) is 21.3 Å². The average Bonchev–Trinajstić information content (AvgIpc) is 2.09. The van der Waals surface area contributed by atoms with Gasteiger partial charge in [-0.3, -0.25) is 0 Å². The van der Waals surface area contributed by atoms with Gasteiger partial charge in [0.05, 0.1) is 24.8 Å². The van der Waals surface area contributed by atoms with Gasteiger partial charge in [0, 0.05) is 10.2 Å². The zero-order valence-corrected chi connectivity index (χ0v) is 9.73. The van der Waals surface area contributed by atoms with Gasteiger partial charge in [-0.15, -0.1) is 0 Å². The predicted octanol–water partition coefficient (Wildman–Crippen LogP) is 3.28. The molecule has 0 aromatic heterocycles. The maximum absolute atomic E-state index is 12.5. The first-order valence-corrected chi connectivity index (χ1v) is 5.46. The van der Waals surface area contributed by atoms with E-state index < -0.39 is 11.7 Å². The maximum Gasteiger partial charge on any atom is 0.416 e. The summed E-state index contributed by atoms with van der Waals surface area (Å²) in [6.45, 7) is 1.07. The molecule has 2 rings (SSSR count). The summed E-state index contributed by atoms with van der Waals surface area (Å²) in [5, 5.41) is 2.98. The first-order chi connectivity index (χ1) is 7.45. The highest BCUT2D eigenvalue weighted by molar-refractivity contribution is 9.10. The molecule has 0 bridgehead atoms. The number of alkyl halides is 3. The highest BCUT2D eigenvalue weighted by Gasteiger charge is 2.31. The van der Waals surface area contributed by atoms with E-state index in [4.69, 9.17) is 4.74 Å². The van der Waals surface area contributed by atoms with Crippen molar-refractivity contribution in [2.75, 3.05) is 18.5 Å². The minimum absolute atomic E-state index is 0.107. The summed E-state index contributed by atoms with van der Waals surface area (Å²) < 4.78 is 42.9. The SMILES string of the molecule is FC(F)(F)c1cc(Br)cc(NC2COC2)c1. The number of nitrogens with one attached hydrogen (secondary N) is 1. The molecule has 2 nitrogen and oxygen atoms in total. The monoisotopic (exact) mass is 295 g/mol. The minimum Gasteiger partial charge on any atom is -0.378 e. The molecule has 1 heterocycles. The number of halogens is 4. The van der Waals surface area contributed by atoms with Crippen LogP contribution < -0.4 is 5.32 Å². The van der Waals surface area contributed by atoms with E-state index in [0.717, 1.165) is 12.1 Å². The van der Waals surface area contributed by atoms with Gasteiger partial charge >= 0.3 is 6.18 Å². The van der Waals surface area contributed by atoms with Crippen LogP contribution in [0.5, 0.6) is 0 Å². The molecule has 0 aliphatic carbocycles. The van der Waals surface area contributed by atoms with Crippen LogP contribution in [0.3, 0.4) is 0 Å². The third-order valence-corrected chi connectivity index (χ3v) is 2.69. The molecule has 88 valence electrons. The van der Waals surface area contributed by atoms with E-state index in [9.17, 15) is 13.2 Å². The maximum atomic E-state index is 12.5. The Morgan fingerprint density at radius 2 is 1.94 bits per heavy atom. The molecule has 1 N–H and O–H groups in total. The van der Waals surface area contributed by atoms with Crippen molar-refractivity contribution >= 4 is 21.6 Å². The van der Waals surface area contributed by atoms with Gasteiger partial charge in [0.25, 0.3) is 0 Å². The van der Waals surface area contributed by atoms with Crippen molar-refractivity contribution in [3.8, 4) is 0 Å². The van der Waals surface area contributed by atoms with Crippen LogP contribution in [0.1, 0.15) is 5.56 Å². The predicted molar refractivity (Wildman–Crippen MR) is 57.4 cm³/mol. The van der Waals surface area contributed by atoms with E-state index in [1.807, 2.05) is 0 Å². The summed E-state index contributed by atoms with van der Waals surface area (Å²) in [6.07, 6.45) is -4.32. The lowest BCUT2D eigenvalue weighted by Gasteiger charge is -2.28. The molecule has 0 atom stereocenters. The van der Waals surface area contributed by atoms with E-state index in [1.54, 1.807) is 6.07 Å². The molecular weight excluding hydrogens is 287 g/mol. The van der Waals surface area contributed by atoms with Crippen molar-refractivity contribution in [3.63, 3.8) is 0 Å². The van der Waals surface area contributed by atoms with Gasteiger partial charge < -0.3 is 10.1 Å². The number of anilines is 1. The summed E-state index contributed by atoms with van der Waals surface area (Å²) in [7, 11) is 0. The number of benzene rings is 1. The van der Waals surface area contributed by atoms with Crippen molar-refractivity contribution in [2.24, 2.45) is 0 Å². The molecule has 1 aromatic rings. The number of hydrogen-bond acceptors (Lipinski definition) is 2. The van der Waals surface area contributed by atoms with Crippen LogP contribution in [0.2, 0.25) is 0 Å². The molecule has 0 amide bonds. The molecule has 0 spiro atoms. The van der Waals surface area contributed by atoms with Gasteiger partial charge in [-0.25, -0.2) is 0 Å². The minimum atomic E-state index is -4.32. The Kier molecular flexibility index (Phi) is 3.12. The highest BCUT2D eigenvalue weighted by atomic mass is 79.9. The van der Waals surface area contributed by atoms with Crippen LogP contribution >= 0.6 is 15.9 Å². The fourth-order valence-corrected chi connectivity index (χ4v) is 1.88. The van der Waals surface area contributed by atoms with Crippen LogP contribution in [-0.2, 0) is 10.9 Å². The number of rotatable bonds is 2. The quantitative estimate of drug-likeness (QED) is 0.904. The normalized spacial score (nSPS) is 17.0. The summed E-state index contributed by atoms with van der Waals surface area (Å²) in [5.41, 5.74) is -0.209. The second-order valence-corrected chi connectivity index (χ2v) is 4.52. The summed E-state index contributed by atoms with van der Waals surface area (Å²) in [5.74, 6) is 0. The van der Waals surface area contributed by atoms with Crippen molar-refractivity contribution in [1.29, 1.82) is 0 Å². The van der Waals surface area contributed by atoms with Crippen LogP contribution in [0.4, 0.5) is 18.9 Å². The van der Waals surface area contributed by atoms with Gasteiger partial charge in [-0.2, -0.15) is 13.2 Å². The molecule has 1 aliphatic rings. The van der Waals surface area contributed by atoms with Gasteiger partial charge in [0.15, 0.2) is 0 Å². The molecule has 1 saturated heterocycles. The molecule has 16 heavy (non-hydrogen) atoms. The van der Waals surface area contributed by atoms with E-state index >= 15 is 0 Å². The van der Waals surface area contributed by atoms with Crippen molar-refractivity contribution < 1.29 is 17.9 Å². The average molecular weight is 296 g/mol. The fourth-order valence-electron chi connectivity index (χ4n) is 1.39. The number of ether oxygens (including phenoxy) is 1. The largest absolute Gasteiger partial charge is 0.416 e. The Hall–Kier alpha value is -0.750. The zero-order valence-electron chi connectivity index (χ0n) is 8.14. The Morgan fingerprint density at radius 1 is 1.25 bits per heavy atom. The second kappa shape index (κ2) is 4.25. The third kappa shape index (κ3) is 2.68. The van der Waals surface area contributed by atoms with Crippen molar-refractivity contribution in [1.82, 2.24) is 0 Å². The molecule has 6 heteroatoms. The van der Waals surface area contributed by atoms with Gasteiger partial charge in [0.2, 0.25) is 0 Å². The highest BCUT2D eigenvalue weighted by Crippen LogP contribution is 2.33. The summed E-state index contributed by atoms with van der Waals surface area (Å²) in [4.78, 5) is 0. The molecular formula is C10H9BrF3NO. The number of hydrogen-bond donors (Lipinski definition) is 1. The van der Waals surface area contributed by atoms with Crippen LogP contribution in [0, 0.1) is 0 Å². The smallest absolute Gasteiger partial charge is 0.378 e. The molecule has 1 aliphatic heterocycles. The first-order valence-electron chi connectivity index (χ1n) is 4.67. The lowest BCUT2D eigenvalue weighted by Crippen LogP contribution is -2.40. The fraction of sp³-hybridized carbons (Fsp3) is 0.400.